The molecule has 0 N–H and O–H groups in total. The lowest BCUT2D eigenvalue weighted by Gasteiger charge is -2.35. The van der Waals surface area contributed by atoms with Gasteiger partial charge < -0.3 is 19.3 Å². The molecule has 0 saturated carbocycles. The van der Waals surface area contributed by atoms with Gasteiger partial charge in [-0.3, -0.25) is 14.5 Å². The van der Waals surface area contributed by atoms with E-state index in [4.69, 9.17) is 9.47 Å². The van der Waals surface area contributed by atoms with Gasteiger partial charge in [0.05, 0.1) is 17.1 Å². The molecule has 3 aliphatic heterocycles. The average molecular weight is 608 g/mol. The topological polar surface area (TPSA) is 62.3 Å². The minimum Gasteiger partial charge on any atom is -0.454 e. The van der Waals surface area contributed by atoms with Crippen molar-refractivity contribution in [3.8, 4) is 11.5 Å². The number of hydrogen-bond acceptors (Lipinski definition) is 6. The zero-order valence-electron chi connectivity index (χ0n) is 23.9. The van der Waals surface area contributed by atoms with Crippen LogP contribution in [0.25, 0.3) is 6.08 Å². The normalized spacial score (nSPS) is 17.2. The number of piperazine rings is 1. The van der Waals surface area contributed by atoms with E-state index in [2.05, 4.69) is 11.0 Å². The van der Waals surface area contributed by atoms with E-state index >= 15 is 0 Å². The highest BCUT2D eigenvalue weighted by molar-refractivity contribution is 8.04. The molecule has 3 heterocycles. The molecule has 0 bridgehead atoms. The monoisotopic (exact) mass is 607 g/mol. The zero-order chi connectivity index (χ0) is 30.0. The predicted molar refractivity (Wildman–Crippen MR) is 168 cm³/mol. The van der Waals surface area contributed by atoms with Crippen LogP contribution in [0, 0.1) is 5.82 Å². The Bertz CT molecular complexity index is 1740. The number of benzene rings is 4. The van der Waals surface area contributed by atoms with Crippen LogP contribution in [0.1, 0.15) is 27.0 Å². The van der Waals surface area contributed by atoms with Gasteiger partial charge in [-0.15, -0.1) is 0 Å². The molecule has 1 saturated heterocycles. The second-order valence-corrected chi connectivity index (χ2v) is 12.1. The third-order valence-corrected chi connectivity index (χ3v) is 9.10. The molecule has 7 rings (SSSR count). The molecule has 222 valence electrons. The smallest absolute Gasteiger partial charge is 0.265 e. The summed E-state index contributed by atoms with van der Waals surface area (Å²) in [6.45, 7) is 4.01. The van der Waals surface area contributed by atoms with Crippen molar-refractivity contribution in [1.82, 2.24) is 9.80 Å². The molecule has 7 nitrogen and oxygen atoms in total. The number of ether oxygens (including phenoxy) is 2. The Morgan fingerprint density at radius 2 is 1.57 bits per heavy atom. The van der Waals surface area contributed by atoms with Gasteiger partial charge in [0, 0.05) is 43.2 Å². The van der Waals surface area contributed by atoms with E-state index in [1.165, 1.54) is 23.9 Å². The van der Waals surface area contributed by atoms with Crippen LogP contribution in [0.5, 0.6) is 11.5 Å². The summed E-state index contributed by atoms with van der Waals surface area (Å²) < 4.78 is 24.6. The van der Waals surface area contributed by atoms with Crippen molar-refractivity contribution in [2.75, 3.05) is 37.9 Å². The number of carbonyl (C=O) groups excluding carboxylic acids is 2. The van der Waals surface area contributed by atoms with Gasteiger partial charge in [-0.1, -0.05) is 60.3 Å². The maximum Gasteiger partial charge on any atom is 0.265 e. The first kappa shape index (κ1) is 28.2. The van der Waals surface area contributed by atoms with E-state index in [1.807, 2.05) is 71.6 Å². The second-order valence-electron chi connectivity index (χ2n) is 11.0. The fourth-order valence-corrected chi connectivity index (χ4v) is 6.70. The van der Waals surface area contributed by atoms with Crippen LogP contribution >= 0.6 is 11.8 Å². The van der Waals surface area contributed by atoms with Crippen LogP contribution in [0.3, 0.4) is 0 Å². The highest BCUT2D eigenvalue weighted by Crippen LogP contribution is 2.43. The summed E-state index contributed by atoms with van der Waals surface area (Å²) in [5, 5.41) is 0. The van der Waals surface area contributed by atoms with Crippen molar-refractivity contribution in [3.05, 3.63) is 124 Å². The van der Waals surface area contributed by atoms with E-state index in [0.717, 1.165) is 52.7 Å². The fraction of sp³-hybridized carbons (Fsp3) is 0.200. The lowest BCUT2D eigenvalue weighted by molar-refractivity contribution is -0.114. The molecule has 0 unspecified atom stereocenters. The van der Waals surface area contributed by atoms with Crippen LogP contribution in [0.4, 0.5) is 10.1 Å². The third kappa shape index (κ3) is 5.93. The molecule has 0 aliphatic carbocycles. The summed E-state index contributed by atoms with van der Waals surface area (Å²) >= 11 is 1.40. The molecule has 4 aromatic carbocycles. The molecule has 44 heavy (non-hydrogen) atoms. The summed E-state index contributed by atoms with van der Waals surface area (Å²) in [6.07, 6.45) is 1.88. The maximum absolute atomic E-state index is 13.8. The summed E-state index contributed by atoms with van der Waals surface area (Å²) in [7, 11) is 0. The van der Waals surface area contributed by atoms with Gasteiger partial charge in [0.15, 0.2) is 11.5 Å². The minimum atomic E-state index is -0.330. The molecule has 0 aromatic heterocycles. The number of amides is 2. The van der Waals surface area contributed by atoms with Gasteiger partial charge >= 0.3 is 0 Å². The van der Waals surface area contributed by atoms with Crippen molar-refractivity contribution in [2.45, 2.75) is 18.0 Å². The van der Waals surface area contributed by atoms with Gasteiger partial charge in [-0.25, -0.2) is 4.39 Å². The highest BCUT2D eigenvalue weighted by atomic mass is 32.2. The van der Waals surface area contributed by atoms with Crippen LogP contribution in [0.15, 0.2) is 101 Å². The van der Waals surface area contributed by atoms with Crippen LogP contribution in [-0.4, -0.2) is 54.6 Å². The first-order valence-electron chi connectivity index (χ1n) is 14.6. The largest absolute Gasteiger partial charge is 0.454 e. The van der Waals surface area contributed by atoms with E-state index in [0.29, 0.717) is 29.2 Å². The lowest BCUT2D eigenvalue weighted by Crippen LogP contribution is -2.48. The molecule has 2 amide bonds. The average Bonchev–Trinajstić information content (AvgIpc) is 3.52. The van der Waals surface area contributed by atoms with Gasteiger partial charge in [0.25, 0.3) is 11.8 Å². The fourth-order valence-electron chi connectivity index (χ4n) is 5.66. The van der Waals surface area contributed by atoms with Gasteiger partial charge in [0.2, 0.25) is 6.79 Å². The van der Waals surface area contributed by atoms with E-state index in [-0.39, 0.29) is 31.0 Å². The molecule has 1 fully saturated rings. The molecule has 0 radical (unpaired) electrons. The van der Waals surface area contributed by atoms with E-state index in [9.17, 15) is 14.0 Å². The van der Waals surface area contributed by atoms with Crippen molar-refractivity contribution in [1.29, 1.82) is 0 Å². The number of carbonyl (C=O) groups is 2. The zero-order valence-corrected chi connectivity index (χ0v) is 24.8. The maximum atomic E-state index is 13.8. The first-order chi connectivity index (χ1) is 21.5. The van der Waals surface area contributed by atoms with E-state index in [1.54, 1.807) is 17.0 Å². The first-order valence-corrected chi connectivity index (χ1v) is 15.4. The van der Waals surface area contributed by atoms with Crippen LogP contribution < -0.4 is 14.4 Å². The molecular weight excluding hydrogens is 577 g/mol. The number of halogens is 1. The molecule has 3 aliphatic rings. The molecule has 0 spiro atoms. The standard InChI is InChI=1S/C35H30FN3O4S/c36-28-10-6-25(7-11-28)22-39-29-20-27(9-13-32(29)44-33(35(39)41)19-24-4-2-1-3-5-24)34(40)38-16-14-37(15-17-38)21-26-8-12-30-31(18-26)43-23-42-30/h1-13,18-20H,14-17,21-23H2/b33-19-. The van der Waals surface area contributed by atoms with Crippen molar-refractivity contribution in [2.24, 2.45) is 0 Å². The van der Waals surface area contributed by atoms with Crippen LogP contribution in [-0.2, 0) is 17.9 Å². The third-order valence-electron chi connectivity index (χ3n) is 8.03. The molecular formula is C35H30FN3O4S. The summed E-state index contributed by atoms with van der Waals surface area (Å²) in [5.74, 6) is 1.01. The molecule has 0 atom stereocenters. The number of hydrogen-bond donors (Lipinski definition) is 0. The Labute approximate surface area is 259 Å². The Morgan fingerprint density at radius 1 is 0.818 bits per heavy atom. The number of rotatable bonds is 6. The summed E-state index contributed by atoms with van der Waals surface area (Å²) in [5.41, 5.74) is 4.10. The number of nitrogens with zero attached hydrogens (tertiary/aromatic N) is 3. The molecule has 4 aromatic rings. The Balaban J connectivity index is 1.09. The highest BCUT2D eigenvalue weighted by Gasteiger charge is 2.31. The van der Waals surface area contributed by atoms with E-state index < -0.39 is 0 Å². The SMILES string of the molecule is O=C(c1ccc2c(c1)N(Cc1ccc(F)cc1)C(=O)/C(=C/c1ccccc1)S2)N1CCN(Cc2ccc3c(c2)OCO3)CC1. The minimum absolute atomic E-state index is 0.0552. The van der Waals surface area contributed by atoms with Crippen molar-refractivity contribution >= 4 is 35.3 Å². The van der Waals surface area contributed by atoms with Crippen LogP contribution in [0.2, 0.25) is 0 Å². The Hall–Kier alpha value is -4.60. The lowest BCUT2D eigenvalue weighted by atomic mass is 10.1. The second kappa shape index (κ2) is 12.2. The Morgan fingerprint density at radius 3 is 2.36 bits per heavy atom. The summed E-state index contributed by atoms with van der Waals surface area (Å²) in [4.78, 5) is 34.9. The van der Waals surface area contributed by atoms with Gasteiger partial charge in [0.1, 0.15) is 5.82 Å². The number of anilines is 1. The van der Waals surface area contributed by atoms with Crippen molar-refractivity contribution < 1.29 is 23.5 Å². The molecule has 9 heteroatoms. The number of thioether (sulfide) groups is 1. The Kier molecular flexibility index (Phi) is 7.80. The summed E-state index contributed by atoms with van der Waals surface area (Å²) in [6, 6.07) is 27.5. The van der Waals surface area contributed by atoms with Gasteiger partial charge in [-0.2, -0.15) is 0 Å². The van der Waals surface area contributed by atoms with Crippen molar-refractivity contribution in [3.63, 3.8) is 0 Å². The predicted octanol–water partition coefficient (Wildman–Crippen LogP) is 6.19. The van der Waals surface area contributed by atoms with Gasteiger partial charge in [-0.05, 0) is 65.2 Å². The number of fused-ring (bicyclic) bond motifs is 2. The quantitative estimate of drug-likeness (QED) is 0.244.